The maximum absolute atomic E-state index is 13.1. The first-order valence-corrected chi connectivity index (χ1v) is 5.54. The maximum Gasteiger partial charge on any atom is 0.165 e. The topological polar surface area (TPSA) is 32.9 Å². The average molecular weight is 217 g/mol. The van der Waals surface area contributed by atoms with Crippen molar-refractivity contribution in [1.82, 2.24) is 4.98 Å². The van der Waals surface area contributed by atoms with Crippen LogP contribution in [0.3, 0.4) is 0 Å². The maximum atomic E-state index is 13.1. The van der Waals surface area contributed by atoms with Gasteiger partial charge in [-0.25, -0.2) is 4.39 Å². The molecule has 0 amide bonds. The molecule has 82 valence electrons. The van der Waals surface area contributed by atoms with Crippen LogP contribution < -0.4 is 0 Å². The molecule has 3 heteroatoms. The number of carbonyl (C=O) groups excluding carboxylic acids is 1. The van der Waals surface area contributed by atoms with Gasteiger partial charge in [-0.2, -0.15) is 0 Å². The second kappa shape index (κ2) is 3.44. The van der Waals surface area contributed by atoms with Gasteiger partial charge in [0, 0.05) is 29.1 Å². The average Bonchev–Trinajstić information content (AvgIpc) is 2.96. The van der Waals surface area contributed by atoms with Crippen molar-refractivity contribution in [3.8, 4) is 0 Å². The smallest absolute Gasteiger partial charge is 0.165 e. The molecule has 2 aromatic rings. The van der Waals surface area contributed by atoms with Crippen LogP contribution in [0.25, 0.3) is 10.9 Å². The molecule has 3 rings (SSSR count). The molecule has 1 aliphatic carbocycles. The number of halogens is 1. The number of carbonyl (C=O) groups is 1. The monoisotopic (exact) mass is 217 g/mol. The van der Waals surface area contributed by atoms with Crippen molar-refractivity contribution in [2.45, 2.75) is 19.3 Å². The molecule has 0 saturated heterocycles. The number of ketones is 1. The highest BCUT2D eigenvalue weighted by molar-refractivity contribution is 6.07. The summed E-state index contributed by atoms with van der Waals surface area (Å²) in [7, 11) is 0. The predicted molar refractivity (Wildman–Crippen MR) is 59.9 cm³/mol. The lowest BCUT2D eigenvalue weighted by Gasteiger charge is -1.97. The van der Waals surface area contributed by atoms with Crippen LogP contribution in [0, 0.1) is 11.7 Å². The first-order valence-electron chi connectivity index (χ1n) is 5.54. The first-order chi connectivity index (χ1) is 7.74. The molecular formula is C13H12FNO. The zero-order valence-corrected chi connectivity index (χ0v) is 8.79. The molecule has 1 saturated carbocycles. The Hall–Kier alpha value is -1.64. The second-order valence-electron chi connectivity index (χ2n) is 4.46. The summed E-state index contributed by atoms with van der Waals surface area (Å²) in [5.41, 5.74) is 1.45. The van der Waals surface area contributed by atoms with Gasteiger partial charge < -0.3 is 4.98 Å². The summed E-state index contributed by atoms with van der Waals surface area (Å²) in [6.45, 7) is 0. The number of aromatic nitrogens is 1. The van der Waals surface area contributed by atoms with E-state index in [9.17, 15) is 9.18 Å². The second-order valence-corrected chi connectivity index (χ2v) is 4.46. The van der Waals surface area contributed by atoms with Crippen LogP contribution in [0.2, 0.25) is 0 Å². The third-order valence-corrected chi connectivity index (χ3v) is 3.12. The number of fused-ring (bicyclic) bond motifs is 1. The molecule has 0 spiro atoms. The van der Waals surface area contributed by atoms with Gasteiger partial charge in [-0.05, 0) is 37.0 Å². The minimum atomic E-state index is -0.299. The minimum Gasteiger partial charge on any atom is -0.360 e. The number of hydrogen-bond donors (Lipinski definition) is 1. The molecule has 1 aromatic heterocycles. The number of benzene rings is 1. The molecular weight excluding hydrogens is 205 g/mol. The molecule has 16 heavy (non-hydrogen) atoms. The first kappa shape index (κ1) is 9.58. The highest BCUT2D eigenvalue weighted by atomic mass is 19.1. The van der Waals surface area contributed by atoms with Gasteiger partial charge in [0.25, 0.3) is 0 Å². The molecule has 0 unspecified atom stereocenters. The molecule has 1 aromatic carbocycles. The summed E-state index contributed by atoms with van der Waals surface area (Å²) >= 11 is 0. The van der Waals surface area contributed by atoms with Crippen molar-refractivity contribution in [1.29, 1.82) is 0 Å². The van der Waals surface area contributed by atoms with Crippen molar-refractivity contribution < 1.29 is 9.18 Å². The molecule has 1 heterocycles. The molecule has 1 fully saturated rings. The summed E-state index contributed by atoms with van der Waals surface area (Å²) in [5, 5.41) is 0.700. The molecule has 0 bridgehead atoms. The van der Waals surface area contributed by atoms with E-state index in [2.05, 4.69) is 4.98 Å². The van der Waals surface area contributed by atoms with E-state index in [0.717, 1.165) is 18.4 Å². The number of H-pyrrole nitrogens is 1. The number of aromatic amines is 1. The summed E-state index contributed by atoms with van der Waals surface area (Å²) in [6, 6.07) is 4.48. The third-order valence-electron chi connectivity index (χ3n) is 3.12. The molecule has 1 aliphatic rings. The fourth-order valence-corrected chi connectivity index (χ4v) is 2.02. The summed E-state index contributed by atoms with van der Waals surface area (Å²) < 4.78 is 13.1. The van der Waals surface area contributed by atoms with Crippen LogP contribution in [0.1, 0.15) is 29.6 Å². The Kier molecular flexibility index (Phi) is 2.06. The van der Waals surface area contributed by atoms with Gasteiger partial charge in [0.05, 0.1) is 0 Å². The van der Waals surface area contributed by atoms with E-state index >= 15 is 0 Å². The van der Waals surface area contributed by atoms with E-state index in [0.29, 0.717) is 23.3 Å². The van der Waals surface area contributed by atoms with Gasteiger partial charge >= 0.3 is 0 Å². The standard InChI is InChI=1S/C13H12FNO/c14-9-3-4-12-10(6-9)11(7-15-12)13(16)5-8-1-2-8/h3-4,6-8,15H,1-2,5H2. The van der Waals surface area contributed by atoms with Crippen LogP contribution >= 0.6 is 0 Å². The Morgan fingerprint density at radius 3 is 3.00 bits per heavy atom. The molecule has 2 nitrogen and oxygen atoms in total. The van der Waals surface area contributed by atoms with Gasteiger partial charge in [0.15, 0.2) is 5.78 Å². The Balaban J connectivity index is 2.01. The van der Waals surface area contributed by atoms with Crippen LogP contribution in [-0.4, -0.2) is 10.8 Å². The Morgan fingerprint density at radius 1 is 1.44 bits per heavy atom. The van der Waals surface area contributed by atoms with E-state index in [4.69, 9.17) is 0 Å². The van der Waals surface area contributed by atoms with Crippen molar-refractivity contribution in [3.05, 3.63) is 35.8 Å². The summed E-state index contributed by atoms with van der Waals surface area (Å²) in [4.78, 5) is 14.9. The summed E-state index contributed by atoms with van der Waals surface area (Å²) in [6.07, 6.45) is 4.60. The number of rotatable bonds is 3. The van der Waals surface area contributed by atoms with E-state index in [1.807, 2.05) is 0 Å². The van der Waals surface area contributed by atoms with Gasteiger partial charge in [-0.15, -0.1) is 0 Å². The van der Waals surface area contributed by atoms with Gasteiger partial charge in [0.2, 0.25) is 0 Å². The number of nitrogens with one attached hydrogen (secondary N) is 1. The SMILES string of the molecule is O=C(CC1CC1)c1c[nH]c2ccc(F)cc12. The van der Waals surface area contributed by atoms with Crippen molar-refractivity contribution >= 4 is 16.7 Å². The van der Waals surface area contributed by atoms with Crippen molar-refractivity contribution in [2.24, 2.45) is 5.92 Å². The van der Waals surface area contributed by atoms with Crippen LogP contribution in [0.5, 0.6) is 0 Å². The lowest BCUT2D eigenvalue weighted by atomic mass is 10.1. The minimum absolute atomic E-state index is 0.124. The fraction of sp³-hybridized carbons (Fsp3) is 0.308. The molecule has 0 atom stereocenters. The highest BCUT2D eigenvalue weighted by Gasteiger charge is 2.25. The van der Waals surface area contributed by atoms with Crippen molar-refractivity contribution in [3.63, 3.8) is 0 Å². The Morgan fingerprint density at radius 2 is 2.25 bits per heavy atom. The Labute approximate surface area is 92.5 Å². The van der Waals surface area contributed by atoms with Gasteiger partial charge in [0.1, 0.15) is 5.82 Å². The fourth-order valence-electron chi connectivity index (χ4n) is 2.02. The zero-order chi connectivity index (χ0) is 11.1. The largest absolute Gasteiger partial charge is 0.360 e. The van der Waals surface area contributed by atoms with E-state index in [1.165, 1.54) is 12.1 Å². The quantitative estimate of drug-likeness (QED) is 0.786. The molecule has 0 aliphatic heterocycles. The lowest BCUT2D eigenvalue weighted by Crippen LogP contribution is -1.98. The number of Topliss-reactive ketones (excluding diaryl/α,β-unsaturated/α-hetero) is 1. The van der Waals surface area contributed by atoms with Crippen LogP contribution in [0.15, 0.2) is 24.4 Å². The predicted octanol–water partition coefficient (Wildman–Crippen LogP) is 3.29. The summed E-state index contributed by atoms with van der Waals surface area (Å²) in [5.74, 6) is 0.387. The van der Waals surface area contributed by atoms with E-state index in [1.54, 1.807) is 12.3 Å². The zero-order valence-electron chi connectivity index (χ0n) is 8.79. The number of hydrogen-bond acceptors (Lipinski definition) is 1. The Bertz CT molecular complexity index is 554. The van der Waals surface area contributed by atoms with E-state index < -0.39 is 0 Å². The van der Waals surface area contributed by atoms with E-state index in [-0.39, 0.29) is 11.6 Å². The highest BCUT2D eigenvalue weighted by Crippen LogP contribution is 2.34. The molecule has 0 radical (unpaired) electrons. The third kappa shape index (κ3) is 1.62. The normalized spacial score (nSPS) is 15.6. The van der Waals surface area contributed by atoms with Gasteiger partial charge in [-0.1, -0.05) is 0 Å². The van der Waals surface area contributed by atoms with Crippen LogP contribution in [0.4, 0.5) is 4.39 Å². The lowest BCUT2D eigenvalue weighted by molar-refractivity contribution is 0.0977. The van der Waals surface area contributed by atoms with Gasteiger partial charge in [-0.3, -0.25) is 4.79 Å². The van der Waals surface area contributed by atoms with Crippen molar-refractivity contribution in [2.75, 3.05) is 0 Å². The molecule has 1 N–H and O–H groups in total. The van der Waals surface area contributed by atoms with Crippen LogP contribution in [-0.2, 0) is 0 Å².